The minimum absolute atomic E-state index is 0.219. The Kier molecular flexibility index (Phi) is 5.99. The molecule has 0 spiro atoms. The average Bonchev–Trinajstić information content (AvgIpc) is 3.53. The van der Waals surface area contributed by atoms with Gasteiger partial charge in [0.1, 0.15) is 13.9 Å². The highest BCUT2D eigenvalue weighted by Gasteiger charge is 2.32. The molecule has 4 aromatic carbocycles. The number of rotatable bonds is 5. The molecule has 2 aromatic heterocycles. The molecule has 1 aliphatic rings. The Hall–Kier alpha value is -4.39. The quantitative estimate of drug-likeness (QED) is 0.206. The van der Waals surface area contributed by atoms with E-state index in [1.165, 1.54) is 37.7 Å². The van der Waals surface area contributed by atoms with Gasteiger partial charge >= 0.3 is 0 Å². The fourth-order valence-corrected chi connectivity index (χ4v) is 8.35. The standard InChI is InChI=1S/C35H34N4OSi/c1-24(2)38-32-15-8-9-16-33(32)39(40-38)26-11-10-12-27(22-26)41(4,5)28-17-18-30-29-13-6-7-14-31(29)37(34(30)23-28)35-21-25(3)19-20-36-35/h6-24H,1-5H3. The molecule has 0 fully saturated rings. The molecular formula is C35H34N4OSi. The van der Waals surface area contributed by atoms with Crippen LogP contribution in [0.5, 0.6) is 0 Å². The van der Waals surface area contributed by atoms with Crippen molar-refractivity contribution < 1.29 is 4.94 Å². The third-order valence-corrected chi connectivity index (χ3v) is 11.8. The molecule has 41 heavy (non-hydrogen) atoms. The summed E-state index contributed by atoms with van der Waals surface area (Å²) in [6, 6.07) is 37.4. The van der Waals surface area contributed by atoms with Crippen molar-refractivity contribution in [2.75, 3.05) is 10.1 Å². The third kappa shape index (κ3) is 4.14. The van der Waals surface area contributed by atoms with Crippen LogP contribution in [0.2, 0.25) is 13.1 Å². The molecule has 0 bridgehead atoms. The molecule has 0 radical (unpaired) electrons. The zero-order valence-electron chi connectivity index (χ0n) is 24.2. The zero-order chi connectivity index (χ0) is 28.3. The van der Waals surface area contributed by atoms with Gasteiger partial charge in [-0.1, -0.05) is 78.1 Å². The molecule has 0 saturated carbocycles. The SMILES string of the molecule is Cc1ccnc(-n2c3ccccc3c3ccc([Si](C)(C)c4cccc(N5ON(C(C)C)c6ccccc65)c4)cc32)c1. The molecule has 6 heteroatoms. The van der Waals surface area contributed by atoms with Crippen LogP contribution in [0.3, 0.4) is 0 Å². The lowest BCUT2D eigenvalue weighted by molar-refractivity contribution is 0.113. The second kappa shape index (κ2) is 9.61. The topological polar surface area (TPSA) is 33.5 Å². The minimum Gasteiger partial charge on any atom is -0.294 e. The molecule has 6 aromatic rings. The number of aryl methyl sites for hydroxylation is 1. The maximum absolute atomic E-state index is 6.39. The number of pyridine rings is 1. The van der Waals surface area contributed by atoms with Crippen LogP contribution in [-0.2, 0) is 4.94 Å². The summed E-state index contributed by atoms with van der Waals surface area (Å²) in [6.07, 6.45) is 1.90. The van der Waals surface area contributed by atoms with Crippen molar-refractivity contribution in [1.82, 2.24) is 9.55 Å². The highest BCUT2D eigenvalue weighted by Crippen LogP contribution is 2.42. The Morgan fingerprint density at radius 3 is 2.24 bits per heavy atom. The van der Waals surface area contributed by atoms with E-state index < -0.39 is 8.07 Å². The minimum atomic E-state index is -2.10. The molecule has 3 heterocycles. The van der Waals surface area contributed by atoms with Gasteiger partial charge in [-0.15, -0.1) is 4.94 Å². The van der Waals surface area contributed by atoms with Crippen molar-refractivity contribution in [2.45, 2.75) is 39.9 Å². The Labute approximate surface area is 242 Å². The van der Waals surface area contributed by atoms with Crippen molar-refractivity contribution in [3.63, 3.8) is 0 Å². The van der Waals surface area contributed by atoms with Crippen molar-refractivity contribution in [2.24, 2.45) is 0 Å². The first-order chi connectivity index (χ1) is 19.8. The van der Waals surface area contributed by atoms with Crippen LogP contribution in [0.15, 0.2) is 109 Å². The number of anilines is 3. The number of benzene rings is 4. The molecular weight excluding hydrogens is 520 g/mol. The maximum atomic E-state index is 6.39. The van der Waals surface area contributed by atoms with Gasteiger partial charge in [-0.25, -0.2) is 10.0 Å². The molecule has 0 saturated heterocycles. The summed E-state index contributed by atoms with van der Waals surface area (Å²) in [5.41, 5.74) is 6.77. The van der Waals surface area contributed by atoms with Crippen LogP contribution in [-0.4, -0.2) is 23.7 Å². The van der Waals surface area contributed by atoms with Gasteiger partial charge in [-0.05, 0) is 74.9 Å². The van der Waals surface area contributed by atoms with E-state index in [9.17, 15) is 0 Å². The second-order valence-corrected chi connectivity index (χ2v) is 16.1. The fourth-order valence-electron chi connectivity index (χ4n) is 5.99. The van der Waals surface area contributed by atoms with E-state index in [0.717, 1.165) is 22.9 Å². The van der Waals surface area contributed by atoms with E-state index in [2.05, 4.69) is 142 Å². The van der Waals surface area contributed by atoms with Gasteiger partial charge in [0.05, 0.1) is 34.1 Å². The number of hydroxylamine groups is 1. The van der Waals surface area contributed by atoms with E-state index in [-0.39, 0.29) is 6.04 Å². The van der Waals surface area contributed by atoms with E-state index in [1.807, 2.05) is 16.3 Å². The Balaban J connectivity index is 1.34. The Morgan fingerprint density at radius 1 is 0.707 bits per heavy atom. The molecule has 0 atom stereocenters. The second-order valence-electron chi connectivity index (χ2n) is 11.7. The van der Waals surface area contributed by atoms with Crippen LogP contribution >= 0.6 is 0 Å². The highest BCUT2D eigenvalue weighted by atomic mass is 28.3. The van der Waals surface area contributed by atoms with Gasteiger partial charge in [0, 0.05) is 17.0 Å². The van der Waals surface area contributed by atoms with Gasteiger partial charge in [0.15, 0.2) is 0 Å². The van der Waals surface area contributed by atoms with E-state index in [1.54, 1.807) is 0 Å². The number of fused-ring (bicyclic) bond motifs is 4. The van der Waals surface area contributed by atoms with E-state index >= 15 is 0 Å². The number of hydrogen-bond donors (Lipinski definition) is 0. The molecule has 0 amide bonds. The smallest absolute Gasteiger partial charge is 0.137 e. The van der Waals surface area contributed by atoms with Crippen LogP contribution in [0, 0.1) is 6.92 Å². The normalized spacial score (nSPS) is 13.5. The highest BCUT2D eigenvalue weighted by molar-refractivity contribution is 7.00. The van der Waals surface area contributed by atoms with Crippen molar-refractivity contribution in [3.8, 4) is 5.82 Å². The molecule has 5 nitrogen and oxygen atoms in total. The lowest BCUT2D eigenvalue weighted by atomic mass is 10.1. The first kappa shape index (κ1) is 25.6. The summed E-state index contributed by atoms with van der Waals surface area (Å²) in [5.74, 6) is 0.953. The predicted octanol–water partition coefficient (Wildman–Crippen LogP) is 7.52. The lowest BCUT2D eigenvalue weighted by Gasteiger charge is -2.27. The van der Waals surface area contributed by atoms with Crippen molar-refractivity contribution >= 4 is 57.3 Å². The zero-order valence-corrected chi connectivity index (χ0v) is 25.2. The monoisotopic (exact) mass is 554 g/mol. The molecule has 0 N–H and O–H groups in total. The van der Waals surface area contributed by atoms with Crippen LogP contribution in [0.4, 0.5) is 17.1 Å². The van der Waals surface area contributed by atoms with Gasteiger partial charge in [0.25, 0.3) is 0 Å². The summed E-state index contributed by atoms with van der Waals surface area (Å²) < 4.78 is 2.32. The lowest BCUT2D eigenvalue weighted by Crippen LogP contribution is -2.53. The fraction of sp³-hybridized carbons (Fsp3) is 0.171. The van der Waals surface area contributed by atoms with Crippen LogP contribution in [0.25, 0.3) is 27.6 Å². The molecule has 7 rings (SSSR count). The average molecular weight is 555 g/mol. The molecule has 0 unspecified atom stereocenters. The van der Waals surface area contributed by atoms with E-state index in [4.69, 9.17) is 9.92 Å². The summed E-state index contributed by atoms with van der Waals surface area (Å²) >= 11 is 0. The molecule has 0 aliphatic carbocycles. The summed E-state index contributed by atoms with van der Waals surface area (Å²) in [4.78, 5) is 11.2. The van der Waals surface area contributed by atoms with Gasteiger partial charge in [-0.3, -0.25) is 4.57 Å². The maximum Gasteiger partial charge on any atom is 0.137 e. The van der Waals surface area contributed by atoms with Gasteiger partial charge in [-0.2, -0.15) is 5.06 Å². The van der Waals surface area contributed by atoms with Gasteiger partial charge in [0.2, 0.25) is 0 Å². The largest absolute Gasteiger partial charge is 0.294 e. The Morgan fingerprint density at radius 2 is 1.44 bits per heavy atom. The molecule has 204 valence electrons. The first-order valence-corrected chi connectivity index (χ1v) is 17.3. The van der Waals surface area contributed by atoms with Crippen LogP contribution < -0.4 is 20.5 Å². The third-order valence-electron chi connectivity index (χ3n) is 8.30. The van der Waals surface area contributed by atoms with Crippen molar-refractivity contribution in [3.05, 3.63) is 115 Å². The number of hydrogen-bond acceptors (Lipinski definition) is 4. The van der Waals surface area contributed by atoms with Gasteiger partial charge < -0.3 is 0 Å². The predicted molar refractivity (Wildman–Crippen MR) is 174 cm³/mol. The first-order valence-electron chi connectivity index (χ1n) is 14.3. The summed E-state index contributed by atoms with van der Waals surface area (Å²) in [7, 11) is -2.10. The Bertz CT molecular complexity index is 1930. The van der Waals surface area contributed by atoms with Crippen LogP contribution in [0.1, 0.15) is 19.4 Å². The number of para-hydroxylation sites is 3. The number of aromatic nitrogens is 2. The molecule has 1 aliphatic heterocycles. The van der Waals surface area contributed by atoms with Crippen molar-refractivity contribution in [1.29, 1.82) is 0 Å². The summed E-state index contributed by atoms with van der Waals surface area (Å²) in [5, 5.41) is 9.19. The summed E-state index contributed by atoms with van der Waals surface area (Å²) in [6.45, 7) is 11.3. The van der Waals surface area contributed by atoms with E-state index in [0.29, 0.717) is 0 Å². The number of nitrogens with zero attached hydrogens (tertiary/aromatic N) is 4.